The van der Waals surface area contributed by atoms with Gasteiger partial charge < -0.3 is 9.15 Å². The van der Waals surface area contributed by atoms with Crippen molar-refractivity contribution in [3.63, 3.8) is 0 Å². The normalized spacial score (nSPS) is 16.1. The number of nitrogens with one attached hydrogen (secondary N) is 1. The highest BCUT2D eigenvalue weighted by Gasteiger charge is 2.34. The highest BCUT2D eigenvalue weighted by Crippen LogP contribution is 2.37. The number of ether oxygens (including phenoxy) is 1. The molecule has 0 bridgehead atoms. The topological polar surface area (TPSA) is 88.9 Å². The Balaban J connectivity index is 1.42. The van der Waals surface area contributed by atoms with E-state index in [2.05, 4.69) is 5.43 Å². The molecule has 4 rings (SSSR count). The summed E-state index contributed by atoms with van der Waals surface area (Å²) in [5, 5.41) is 1.87. The van der Waals surface area contributed by atoms with E-state index in [1.807, 2.05) is 38.1 Å². The van der Waals surface area contributed by atoms with Crippen molar-refractivity contribution >= 4 is 34.5 Å². The average Bonchev–Trinajstić information content (AvgIpc) is 3.07. The Morgan fingerprint density at radius 2 is 1.93 bits per heavy atom. The van der Waals surface area contributed by atoms with Gasteiger partial charge in [-0.2, -0.15) is 0 Å². The number of aryl methyl sites for hydroxylation is 2. The fourth-order valence-corrected chi connectivity index (χ4v) is 4.34. The second kappa shape index (κ2) is 8.23. The monoisotopic (exact) mass is 424 g/mol. The number of rotatable bonds is 5. The molecule has 1 N–H and O–H groups in total. The number of benzene rings is 2. The predicted octanol–water partition coefficient (Wildman–Crippen LogP) is 3.09. The van der Waals surface area contributed by atoms with Gasteiger partial charge in [-0.25, -0.2) is 9.80 Å². The minimum atomic E-state index is -0.450. The van der Waals surface area contributed by atoms with Gasteiger partial charge in [0.1, 0.15) is 16.7 Å². The fraction of sp³-hybridized carbons (Fsp3) is 0.227. The van der Waals surface area contributed by atoms with Gasteiger partial charge in [0.2, 0.25) is 0 Å². The number of carbonyl (C=O) groups excluding carboxylic acids is 2. The van der Waals surface area contributed by atoms with Crippen LogP contribution >= 0.6 is 11.8 Å². The number of hydrogen-bond acceptors (Lipinski definition) is 6. The number of nitrogens with zero attached hydrogens (tertiary/aromatic N) is 1. The third-order valence-corrected chi connectivity index (χ3v) is 5.98. The van der Waals surface area contributed by atoms with Crippen LogP contribution in [0.15, 0.2) is 57.7 Å². The Hall–Kier alpha value is -3.26. The molecular weight excluding hydrogens is 404 g/mol. The Bertz CT molecular complexity index is 1170. The standard InChI is InChI=1S/C22H20N2O5S/c1-13-3-5-15(6-4-13)22-24(20(26)12-30-22)23-19(25)11-28-16-7-8-17-14(2)9-21(27)29-18(17)10-16/h3-10,22H,11-12H2,1-2H3,(H,23,25). The summed E-state index contributed by atoms with van der Waals surface area (Å²) in [5.41, 5.74) is 5.46. The van der Waals surface area contributed by atoms with Crippen LogP contribution in [0.2, 0.25) is 0 Å². The first-order chi connectivity index (χ1) is 14.4. The van der Waals surface area contributed by atoms with Crippen LogP contribution < -0.4 is 15.8 Å². The minimum absolute atomic E-state index is 0.165. The number of hydrazine groups is 1. The van der Waals surface area contributed by atoms with Crippen LogP contribution in [0, 0.1) is 13.8 Å². The maximum Gasteiger partial charge on any atom is 0.336 e. The number of amides is 2. The van der Waals surface area contributed by atoms with Crippen molar-refractivity contribution in [3.8, 4) is 5.75 Å². The van der Waals surface area contributed by atoms with Gasteiger partial charge in [-0.3, -0.25) is 15.0 Å². The molecule has 1 aliphatic rings. The van der Waals surface area contributed by atoms with Gasteiger partial charge in [-0.05, 0) is 37.1 Å². The molecule has 1 aliphatic heterocycles. The highest BCUT2D eigenvalue weighted by molar-refractivity contribution is 8.00. The van der Waals surface area contributed by atoms with Crippen LogP contribution in [0.5, 0.6) is 5.75 Å². The Morgan fingerprint density at radius 1 is 1.17 bits per heavy atom. The van der Waals surface area contributed by atoms with Crippen molar-refractivity contribution in [1.29, 1.82) is 0 Å². The van der Waals surface area contributed by atoms with Crippen LogP contribution in [-0.4, -0.2) is 29.2 Å². The number of carbonyl (C=O) groups is 2. The van der Waals surface area contributed by atoms with Crippen LogP contribution in [0.25, 0.3) is 11.0 Å². The zero-order valence-electron chi connectivity index (χ0n) is 16.5. The summed E-state index contributed by atoms with van der Waals surface area (Å²) in [6.45, 7) is 3.53. The van der Waals surface area contributed by atoms with E-state index >= 15 is 0 Å². The summed E-state index contributed by atoms with van der Waals surface area (Å²) in [4.78, 5) is 36.2. The van der Waals surface area contributed by atoms with Gasteiger partial charge in [0.25, 0.3) is 11.8 Å². The molecule has 2 aromatic carbocycles. The lowest BCUT2D eigenvalue weighted by atomic mass is 10.1. The molecule has 1 saturated heterocycles. The average molecular weight is 424 g/mol. The van der Waals surface area contributed by atoms with Gasteiger partial charge in [0.15, 0.2) is 6.61 Å². The maximum atomic E-state index is 12.4. The van der Waals surface area contributed by atoms with Crippen molar-refractivity contribution in [1.82, 2.24) is 10.4 Å². The zero-order valence-corrected chi connectivity index (χ0v) is 17.3. The predicted molar refractivity (Wildman–Crippen MR) is 114 cm³/mol. The first-order valence-electron chi connectivity index (χ1n) is 9.38. The quantitative estimate of drug-likeness (QED) is 0.633. The third-order valence-electron chi connectivity index (χ3n) is 4.77. The van der Waals surface area contributed by atoms with Crippen molar-refractivity contribution in [2.24, 2.45) is 0 Å². The summed E-state index contributed by atoms with van der Waals surface area (Å²) < 4.78 is 10.7. The zero-order chi connectivity index (χ0) is 21.3. The van der Waals surface area contributed by atoms with Gasteiger partial charge in [-0.1, -0.05) is 29.8 Å². The molecule has 7 nitrogen and oxygen atoms in total. The summed E-state index contributed by atoms with van der Waals surface area (Å²) in [6, 6.07) is 14.3. The minimum Gasteiger partial charge on any atom is -0.484 e. The van der Waals surface area contributed by atoms with Crippen molar-refractivity contribution in [2.45, 2.75) is 19.2 Å². The number of hydrogen-bond donors (Lipinski definition) is 1. The summed E-state index contributed by atoms with van der Waals surface area (Å²) in [6.07, 6.45) is 0. The molecule has 1 fully saturated rings. The van der Waals surface area contributed by atoms with Gasteiger partial charge in [-0.15, -0.1) is 11.8 Å². The molecule has 0 saturated carbocycles. The molecule has 2 heterocycles. The summed E-state index contributed by atoms with van der Waals surface area (Å²) in [5.74, 6) is 0.0715. The number of fused-ring (bicyclic) bond motifs is 1. The van der Waals surface area contributed by atoms with Crippen LogP contribution in [0.4, 0.5) is 0 Å². The SMILES string of the molecule is Cc1ccc(C2SCC(=O)N2NC(=O)COc2ccc3c(C)cc(=O)oc3c2)cc1. The lowest BCUT2D eigenvalue weighted by Gasteiger charge is -2.24. The molecule has 0 aliphatic carbocycles. The molecular formula is C22H20N2O5S. The number of thioether (sulfide) groups is 1. The Morgan fingerprint density at radius 3 is 2.70 bits per heavy atom. The summed E-state index contributed by atoms with van der Waals surface area (Å²) in [7, 11) is 0. The van der Waals surface area contributed by atoms with E-state index in [0.717, 1.165) is 22.1 Å². The van der Waals surface area contributed by atoms with E-state index in [0.29, 0.717) is 17.1 Å². The van der Waals surface area contributed by atoms with Crippen LogP contribution in [0.3, 0.4) is 0 Å². The second-order valence-corrected chi connectivity index (χ2v) is 8.14. The van der Waals surface area contributed by atoms with E-state index in [1.165, 1.54) is 22.8 Å². The van der Waals surface area contributed by atoms with Crippen LogP contribution in [0.1, 0.15) is 22.1 Å². The lowest BCUT2D eigenvalue weighted by Crippen LogP contribution is -2.46. The fourth-order valence-electron chi connectivity index (χ4n) is 3.23. The Labute approximate surface area is 177 Å². The van der Waals surface area contributed by atoms with Gasteiger partial charge >= 0.3 is 5.63 Å². The summed E-state index contributed by atoms with van der Waals surface area (Å²) >= 11 is 1.46. The van der Waals surface area contributed by atoms with E-state index in [1.54, 1.807) is 18.2 Å². The largest absolute Gasteiger partial charge is 0.484 e. The molecule has 1 unspecified atom stereocenters. The van der Waals surface area contributed by atoms with E-state index < -0.39 is 11.5 Å². The highest BCUT2D eigenvalue weighted by atomic mass is 32.2. The molecule has 2 amide bonds. The second-order valence-electron chi connectivity index (χ2n) is 7.07. The molecule has 1 aromatic heterocycles. The molecule has 1 atom stereocenters. The van der Waals surface area contributed by atoms with E-state index in [4.69, 9.17) is 9.15 Å². The lowest BCUT2D eigenvalue weighted by molar-refractivity contribution is -0.140. The van der Waals surface area contributed by atoms with E-state index in [-0.39, 0.29) is 17.9 Å². The van der Waals surface area contributed by atoms with Crippen LogP contribution in [-0.2, 0) is 9.59 Å². The molecule has 30 heavy (non-hydrogen) atoms. The van der Waals surface area contributed by atoms with Gasteiger partial charge in [0.05, 0.1) is 5.75 Å². The molecule has 0 spiro atoms. The first kappa shape index (κ1) is 20.0. The van der Waals surface area contributed by atoms with Gasteiger partial charge in [0, 0.05) is 17.5 Å². The maximum absolute atomic E-state index is 12.4. The first-order valence-corrected chi connectivity index (χ1v) is 10.4. The Kier molecular flexibility index (Phi) is 5.50. The molecule has 0 radical (unpaired) electrons. The van der Waals surface area contributed by atoms with Crippen molar-refractivity contribution in [2.75, 3.05) is 12.4 Å². The third kappa shape index (κ3) is 4.18. The molecule has 154 valence electrons. The van der Waals surface area contributed by atoms with E-state index in [9.17, 15) is 14.4 Å². The molecule has 3 aromatic rings. The molecule has 8 heteroatoms. The van der Waals surface area contributed by atoms with Crippen molar-refractivity contribution in [3.05, 3.63) is 75.6 Å². The smallest absolute Gasteiger partial charge is 0.336 e. The van der Waals surface area contributed by atoms with Crippen molar-refractivity contribution < 1.29 is 18.7 Å².